The third-order valence-electron chi connectivity index (χ3n) is 4.78. The number of hydrogen-bond donors (Lipinski definition) is 0. The van der Waals surface area contributed by atoms with Crippen LogP contribution in [0.5, 0.6) is 0 Å². The van der Waals surface area contributed by atoms with Gasteiger partial charge in [-0.2, -0.15) is 4.31 Å². The molecular formula is C20H19ClN2O5S. The van der Waals surface area contributed by atoms with Crippen molar-refractivity contribution in [2.24, 2.45) is 0 Å². The number of fused-ring (bicyclic) bond motifs is 1. The number of benzene rings is 2. The van der Waals surface area contributed by atoms with Gasteiger partial charge in [0.15, 0.2) is 12.2 Å². The molecule has 0 amide bonds. The van der Waals surface area contributed by atoms with Gasteiger partial charge in [0, 0.05) is 13.1 Å². The van der Waals surface area contributed by atoms with Crippen LogP contribution < -0.4 is 0 Å². The lowest BCUT2D eigenvalue weighted by molar-refractivity contribution is 0.0440. The molecule has 0 atom stereocenters. The molecule has 0 radical (unpaired) electrons. The second kappa shape index (κ2) is 8.14. The molecule has 1 aliphatic heterocycles. The fourth-order valence-electron chi connectivity index (χ4n) is 3.26. The van der Waals surface area contributed by atoms with Crippen LogP contribution >= 0.6 is 11.6 Å². The average molecular weight is 435 g/mol. The van der Waals surface area contributed by atoms with Crippen molar-refractivity contribution in [3.63, 3.8) is 0 Å². The molecule has 0 spiro atoms. The molecule has 7 nitrogen and oxygen atoms in total. The predicted molar refractivity (Wildman–Crippen MR) is 107 cm³/mol. The van der Waals surface area contributed by atoms with Crippen molar-refractivity contribution >= 4 is 38.7 Å². The first-order valence-corrected chi connectivity index (χ1v) is 11.1. The summed E-state index contributed by atoms with van der Waals surface area (Å²) in [5.41, 5.74) is 1.23. The predicted octanol–water partition coefficient (Wildman–Crippen LogP) is 4.01. The number of carbonyl (C=O) groups is 1. The van der Waals surface area contributed by atoms with Gasteiger partial charge in [0.2, 0.25) is 15.9 Å². The Hall–Kier alpha value is -2.42. The van der Waals surface area contributed by atoms with Gasteiger partial charge in [-0.1, -0.05) is 30.2 Å². The summed E-state index contributed by atoms with van der Waals surface area (Å²) in [4.78, 5) is 16.8. The lowest BCUT2D eigenvalue weighted by Crippen LogP contribution is -2.35. The number of halogens is 1. The Balaban J connectivity index is 1.52. The Bertz CT molecular complexity index is 1120. The summed E-state index contributed by atoms with van der Waals surface area (Å²) < 4.78 is 37.9. The molecule has 1 aliphatic rings. The fraction of sp³-hybridized carbons (Fsp3) is 0.300. The number of sulfonamides is 1. The minimum atomic E-state index is -3.68. The van der Waals surface area contributed by atoms with E-state index < -0.39 is 16.0 Å². The number of para-hydroxylation sites is 2. The number of hydrogen-bond acceptors (Lipinski definition) is 6. The van der Waals surface area contributed by atoms with E-state index in [9.17, 15) is 13.2 Å². The molecule has 0 saturated carbocycles. The van der Waals surface area contributed by atoms with Gasteiger partial charge in [-0.3, -0.25) is 0 Å². The van der Waals surface area contributed by atoms with Crippen LogP contribution in [0.25, 0.3) is 11.1 Å². The molecular weight excluding hydrogens is 416 g/mol. The third-order valence-corrected chi connectivity index (χ3v) is 7.00. The van der Waals surface area contributed by atoms with Crippen molar-refractivity contribution < 1.29 is 22.4 Å². The van der Waals surface area contributed by atoms with Crippen molar-refractivity contribution in [1.82, 2.24) is 9.29 Å². The van der Waals surface area contributed by atoms with Gasteiger partial charge < -0.3 is 9.15 Å². The van der Waals surface area contributed by atoms with Crippen molar-refractivity contribution in [3.8, 4) is 0 Å². The number of carbonyl (C=O) groups excluding carboxylic acids is 1. The zero-order valence-electron chi connectivity index (χ0n) is 15.5. The Morgan fingerprint density at radius 2 is 1.90 bits per heavy atom. The summed E-state index contributed by atoms with van der Waals surface area (Å²) in [5.74, 6) is -0.499. The van der Waals surface area contributed by atoms with Crippen LogP contribution in [0.2, 0.25) is 5.02 Å². The van der Waals surface area contributed by atoms with Crippen LogP contribution in [0.3, 0.4) is 0 Å². The molecule has 2 aromatic carbocycles. The highest BCUT2D eigenvalue weighted by Crippen LogP contribution is 2.26. The minimum Gasteiger partial charge on any atom is -0.452 e. The van der Waals surface area contributed by atoms with Gasteiger partial charge in [0.25, 0.3) is 0 Å². The Labute approximate surface area is 173 Å². The van der Waals surface area contributed by atoms with Crippen LogP contribution in [-0.2, 0) is 21.4 Å². The first-order valence-electron chi connectivity index (χ1n) is 9.26. The monoisotopic (exact) mass is 434 g/mol. The van der Waals surface area contributed by atoms with Crippen LogP contribution in [0.15, 0.2) is 51.8 Å². The van der Waals surface area contributed by atoms with E-state index in [-0.39, 0.29) is 28.0 Å². The van der Waals surface area contributed by atoms with Crippen LogP contribution in [-0.4, -0.2) is 36.8 Å². The Morgan fingerprint density at radius 3 is 2.66 bits per heavy atom. The third kappa shape index (κ3) is 4.14. The number of oxazole rings is 1. The average Bonchev–Trinajstić information content (AvgIpc) is 3.16. The molecule has 3 aromatic rings. The molecule has 9 heteroatoms. The van der Waals surface area contributed by atoms with Gasteiger partial charge >= 0.3 is 5.97 Å². The SMILES string of the molecule is O=C(OCc1nc2ccccc2o1)c1cc(S(=O)(=O)N2CCCCC2)ccc1Cl. The van der Waals surface area contributed by atoms with E-state index >= 15 is 0 Å². The van der Waals surface area contributed by atoms with E-state index in [1.807, 2.05) is 12.1 Å². The maximum atomic E-state index is 12.9. The number of ether oxygens (including phenoxy) is 1. The normalized spacial score (nSPS) is 15.5. The van der Waals surface area contributed by atoms with Gasteiger partial charge in [0.1, 0.15) is 5.52 Å². The topological polar surface area (TPSA) is 89.7 Å². The second-order valence-corrected chi connectivity index (χ2v) is 9.10. The molecule has 29 heavy (non-hydrogen) atoms. The molecule has 0 unspecified atom stereocenters. The highest BCUT2D eigenvalue weighted by Gasteiger charge is 2.27. The van der Waals surface area contributed by atoms with Crippen molar-refractivity contribution in [1.29, 1.82) is 0 Å². The molecule has 0 N–H and O–H groups in total. The standard InChI is InChI=1S/C20H19ClN2O5S/c21-16-9-8-14(29(25,26)23-10-4-1-5-11-23)12-15(16)20(24)27-13-19-22-17-6-2-3-7-18(17)28-19/h2-3,6-9,12H,1,4-5,10-11,13H2. The zero-order chi connectivity index (χ0) is 20.4. The lowest BCUT2D eigenvalue weighted by atomic mass is 10.2. The van der Waals surface area contributed by atoms with Gasteiger partial charge in [0.05, 0.1) is 15.5 Å². The van der Waals surface area contributed by atoms with Crippen LogP contribution in [0.4, 0.5) is 0 Å². The van der Waals surface area contributed by atoms with Gasteiger partial charge in [-0.25, -0.2) is 18.2 Å². The van der Waals surface area contributed by atoms with Crippen LogP contribution in [0, 0.1) is 0 Å². The molecule has 1 fully saturated rings. The minimum absolute atomic E-state index is 0.0131. The molecule has 0 aliphatic carbocycles. The number of aromatic nitrogens is 1. The molecule has 1 aromatic heterocycles. The Morgan fingerprint density at radius 1 is 1.14 bits per heavy atom. The molecule has 152 valence electrons. The summed E-state index contributed by atoms with van der Waals surface area (Å²) in [6.45, 7) is 0.762. The van der Waals surface area contributed by atoms with E-state index in [0.29, 0.717) is 24.2 Å². The van der Waals surface area contributed by atoms with Crippen molar-refractivity contribution in [2.45, 2.75) is 30.8 Å². The smallest absolute Gasteiger partial charge is 0.340 e. The highest BCUT2D eigenvalue weighted by atomic mass is 35.5. The van der Waals surface area contributed by atoms with Gasteiger partial charge in [-0.05, 0) is 43.2 Å². The van der Waals surface area contributed by atoms with E-state index in [1.165, 1.54) is 22.5 Å². The summed E-state index contributed by atoms with van der Waals surface area (Å²) in [7, 11) is -3.68. The number of esters is 1. The summed E-state index contributed by atoms with van der Waals surface area (Å²) in [6, 6.07) is 11.3. The lowest BCUT2D eigenvalue weighted by Gasteiger charge is -2.26. The van der Waals surface area contributed by atoms with Crippen molar-refractivity contribution in [3.05, 3.63) is 58.9 Å². The quantitative estimate of drug-likeness (QED) is 0.563. The first-order chi connectivity index (χ1) is 13.9. The zero-order valence-corrected chi connectivity index (χ0v) is 17.1. The summed E-state index contributed by atoms with van der Waals surface area (Å²) in [5, 5.41) is 0.116. The maximum Gasteiger partial charge on any atom is 0.340 e. The van der Waals surface area contributed by atoms with Gasteiger partial charge in [-0.15, -0.1) is 0 Å². The molecule has 4 rings (SSSR count). The molecule has 0 bridgehead atoms. The second-order valence-electron chi connectivity index (χ2n) is 6.76. The van der Waals surface area contributed by atoms with E-state index in [4.69, 9.17) is 20.8 Å². The Kier molecular flexibility index (Phi) is 5.58. The number of nitrogens with zero attached hydrogens (tertiary/aromatic N) is 2. The number of piperidine rings is 1. The van der Waals surface area contributed by atoms with Crippen molar-refractivity contribution in [2.75, 3.05) is 13.1 Å². The fourth-order valence-corrected chi connectivity index (χ4v) is 5.00. The van der Waals surface area contributed by atoms with E-state index in [1.54, 1.807) is 12.1 Å². The van der Waals surface area contributed by atoms with Crippen LogP contribution in [0.1, 0.15) is 35.5 Å². The summed E-state index contributed by atoms with van der Waals surface area (Å²) in [6.07, 6.45) is 2.67. The summed E-state index contributed by atoms with van der Waals surface area (Å²) >= 11 is 6.12. The largest absolute Gasteiger partial charge is 0.452 e. The molecule has 2 heterocycles. The maximum absolute atomic E-state index is 12.9. The first kappa shape index (κ1) is 19.9. The van der Waals surface area contributed by atoms with E-state index in [2.05, 4.69) is 4.98 Å². The molecule has 1 saturated heterocycles. The van der Waals surface area contributed by atoms with E-state index in [0.717, 1.165) is 19.3 Å². The number of rotatable bonds is 5. The highest BCUT2D eigenvalue weighted by molar-refractivity contribution is 7.89.